The van der Waals surface area contributed by atoms with E-state index in [0.29, 0.717) is 5.56 Å². The zero-order valence-corrected chi connectivity index (χ0v) is 20.7. The maximum Gasteiger partial charge on any atom is 0.327 e. The number of rotatable bonds is 13. The van der Waals surface area contributed by atoms with E-state index < -0.39 is 60.2 Å². The first kappa shape index (κ1) is 28.7. The van der Waals surface area contributed by atoms with E-state index in [1.165, 1.54) is 0 Å². The Balaban J connectivity index is 2.31. The molecular formula is C23H31N5O7S. The van der Waals surface area contributed by atoms with Crippen LogP contribution < -0.4 is 21.7 Å². The van der Waals surface area contributed by atoms with Crippen molar-refractivity contribution in [3.05, 3.63) is 36.0 Å². The van der Waals surface area contributed by atoms with E-state index in [0.717, 1.165) is 10.9 Å². The Morgan fingerprint density at radius 2 is 1.53 bits per heavy atom. The minimum Gasteiger partial charge on any atom is -0.481 e. The number of carbonyl (C=O) groups excluding carboxylic acids is 3. The molecule has 3 amide bonds. The van der Waals surface area contributed by atoms with Gasteiger partial charge in [-0.05, 0) is 17.5 Å². The molecule has 2 aromatic rings. The molecule has 1 aromatic carbocycles. The van der Waals surface area contributed by atoms with Crippen LogP contribution in [0.3, 0.4) is 0 Å². The van der Waals surface area contributed by atoms with Crippen molar-refractivity contribution in [1.82, 2.24) is 20.9 Å². The number of hydrogen-bond acceptors (Lipinski definition) is 7. The van der Waals surface area contributed by atoms with Crippen molar-refractivity contribution in [2.75, 3.05) is 5.75 Å². The Kier molecular flexibility index (Phi) is 10.3. The number of benzene rings is 1. The molecule has 36 heavy (non-hydrogen) atoms. The zero-order chi connectivity index (χ0) is 27.0. The molecule has 1 heterocycles. The predicted octanol–water partition coefficient (Wildman–Crippen LogP) is -0.363. The van der Waals surface area contributed by atoms with Crippen molar-refractivity contribution >= 4 is 53.2 Å². The second-order valence-corrected chi connectivity index (χ2v) is 9.00. The Morgan fingerprint density at radius 1 is 0.944 bits per heavy atom. The molecule has 8 N–H and O–H groups in total. The molecule has 196 valence electrons. The van der Waals surface area contributed by atoms with Gasteiger partial charge in [0.25, 0.3) is 0 Å². The SMILES string of the molecule is CC(C)C(N)C(=O)NC(Cc1c[nH]c2ccccc12)C(=O)NC(CC(=O)O)C(=O)NC(CS)C(=O)O. The van der Waals surface area contributed by atoms with Crippen LogP contribution in [0.15, 0.2) is 30.5 Å². The van der Waals surface area contributed by atoms with Crippen molar-refractivity contribution in [2.24, 2.45) is 11.7 Å². The van der Waals surface area contributed by atoms with Crippen molar-refractivity contribution in [3.8, 4) is 0 Å². The summed E-state index contributed by atoms with van der Waals surface area (Å²) in [5.41, 5.74) is 7.44. The van der Waals surface area contributed by atoms with Gasteiger partial charge in [0.1, 0.15) is 18.1 Å². The summed E-state index contributed by atoms with van der Waals surface area (Å²) in [6.45, 7) is 3.49. The third-order valence-corrected chi connectivity index (χ3v) is 5.93. The van der Waals surface area contributed by atoms with Crippen molar-refractivity contribution < 1.29 is 34.2 Å². The molecule has 2 rings (SSSR count). The molecular weight excluding hydrogens is 490 g/mol. The normalized spacial score (nSPS) is 14.5. The Labute approximate surface area is 212 Å². The Bertz CT molecular complexity index is 1120. The molecule has 4 atom stereocenters. The number of amides is 3. The number of fused-ring (bicyclic) bond motifs is 1. The van der Waals surface area contributed by atoms with E-state index in [9.17, 15) is 29.1 Å². The number of thiol groups is 1. The lowest BCUT2D eigenvalue weighted by atomic mass is 10.0. The molecule has 0 aliphatic rings. The quantitative estimate of drug-likeness (QED) is 0.163. The lowest BCUT2D eigenvalue weighted by molar-refractivity contribution is -0.143. The van der Waals surface area contributed by atoms with Crippen LogP contribution in [0.2, 0.25) is 0 Å². The number of H-pyrrole nitrogens is 1. The highest BCUT2D eigenvalue weighted by Gasteiger charge is 2.32. The van der Waals surface area contributed by atoms with Gasteiger partial charge in [0, 0.05) is 29.3 Å². The van der Waals surface area contributed by atoms with Crippen molar-refractivity contribution in [2.45, 2.75) is 50.9 Å². The fourth-order valence-corrected chi connectivity index (χ4v) is 3.66. The molecule has 13 heteroatoms. The summed E-state index contributed by atoms with van der Waals surface area (Å²) in [6.07, 6.45) is 0.892. The molecule has 0 spiro atoms. The standard InChI is InChI=1S/C23H31N5O7S/c1-11(2)19(24)22(33)27-15(7-12-9-25-14-6-4-3-5-13(12)14)20(31)26-16(8-18(29)30)21(32)28-17(10-36)23(34)35/h3-6,9,11,15-17,19,25,36H,7-8,10,24H2,1-2H3,(H,26,31)(H,27,33)(H,28,32)(H,29,30)(H,34,35). The smallest absolute Gasteiger partial charge is 0.327 e. The lowest BCUT2D eigenvalue weighted by Gasteiger charge is -2.25. The highest BCUT2D eigenvalue weighted by atomic mass is 32.1. The number of hydrogen-bond donors (Lipinski definition) is 8. The number of nitrogens with one attached hydrogen (secondary N) is 4. The number of para-hydroxylation sites is 1. The van der Waals surface area contributed by atoms with Crippen LogP contribution in [0, 0.1) is 5.92 Å². The first-order valence-electron chi connectivity index (χ1n) is 11.2. The van der Waals surface area contributed by atoms with Gasteiger partial charge in [-0.3, -0.25) is 19.2 Å². The van der Waals surface area contributed by atoms with Gasteiger partial charge in [0.2, 0.25) is 17.7 Å². The van der Waals surface area contributed by atoms with Crippen LogP contribution in [-0.2, 0) is 30.4 Å². The molecule has 0 radical (unpaired) electrons. The highest BCUT2D eigenvalue weighted by molar-refractivity contribution is 7.80. The number of carboxylic acids is 2. The Morgan fingerprint density at radius 3 is 2.11 bits per heavy atom. The molecule has 0 aliphatic carbocycles. The number of nitrogens with two attached hydrogens (primary N) is 1. The second-order valence-electron chi connectivity index (χ2n) is 8.64. The van der Waals surface area contributed by atoms with Gasteiger partial charge < -0.3 is 36.9 Å². The fraction of sp³-hybridized carbons (Fsp3) is 0.435. The highest BCUT2D eigenvalue weighted by Crippen LogP contribution is 2.19. The monoisotopic (exact) mass is 521 g/mol. The molecule has 1 aromatic heterocycles. The first-order chi connectivity index (χ1) is 16.9. The molecule has 0 fully saturated rings. The third-order valence-electron chi connectivity index (χ3n) is 5.56. The van der Waals surface area contributed by atoms with Crippen LogP contribution >= 0.6 is 12.6 Å². The van der Waals surface area contributed by atoms with Gasteiger partial charge >= 0.3 is 11.9 Å². The zero-order valence-electron chi connectivity index (χ0n) is 19.9. The molecule has 0 bridgehead atoms. The van der Waals surface area contributed by atoms with Crippen LogP contribution in [0.4, 0.5) is 0 Å². The molecule has 12 nitrogen and oxygen atoms in total. The number of aromatic amines is 1. The average Bonchev–Trinajstić information content (AvgIpc) is 3.23. The van der Waals surface area contributed by atoms with Crippen LogP contribution in [-0.4, -0.2) is 74.8 Å². The van der Waals surface area contributed by atoms with Crippen LogP contribution in [0.25, 0.3) is 10.9 Å². The van der Waals surface area contributed by atoms with E-state index >= 15 is 0 Å². The summed E-state index contributed by atoms with van der Waals surface area (Å²) in [5.74, 6) is -5.67. The Hall–Kier alpha value is -3.58. The lowest BCUT2D eigenvalue weighted by Crippen LogP contribution is -2.58. The van der Waals surface area contributed by atoms with Gasteiger partial charge in [-0.25, -0.2) is 4.79 Å². The minimum atomic E-state index is -1.60. The van der Waals surface area contributed by atoms with Crippen molar-refractivity contribution in [1.29, 1.82) is 0 Å². The second kappa shape index (κ2) is 12.9. The maximum absolute atomic E-state index is 13.2. The topological polar surface area (TPSA) is 204 Å². The molecule has 0 saturated carbocycles. The van der Waals surface area contributed by atoms with E-state index in [4.69, 9.17) is 10.8 Å². The average molecular weight is 522 g/mol. The molecule has 0 aliphatic heterocycles. The summed E-state index contributed by atoms with van der Waals surface area (Å²) in [7, 11) is 0. The van der Waals surface area contributed by atoms with Crippen LogP contribution in [0.1, 0.15) is 25.8 Å². The third kappa shape index (κ3) is 7.71. The fourth-order valence-electron chi connectivity index (χ4n) is 3.41. The summed E-state index contributed by atoms with van der Waals surface area (Å²) in [5, 5.41) is 26.3. The predicted molar refractivity (Wildman–Crippen MR) is 134 cm³/mol. The van der Waals surface area contributed by atoms with E-state index in [-0.39, 0.29) is 18.1 Å². The van der Waals surface area contributed by atoms with E-state index in [1.54, 1.807) is 20.0 Å². The van der Waals surface area contributed by atoms with Gasteiger partial charge in [-0.1, -0.05) is 32.0 Å². The number of aliphatic carboxylic acids is 2. The first-order valence-corrected chi connectivity index (χ1v) is 11.8. The van der Waals surface area contributed by atoms with Gasteiger partial charge in [0.15, 0.2) is 0 Å². The van der Waals surface area contributed by atoms with Gasteiger partial charge in [0.05, 0.1) is 12.5 Å². The maximum atomic E-state index is 13.2. The van der Waals surface area contributed by atoms with Crippen molar-refractivity contribution in [3.63, 3.8) is 0 Å². The number of carbonyl (C=O) groups is 5. The number of carboxylic acid groups (broad SMARTS) is 2. The summed E-state index contributed by atoms with van der Waals surface area (Å²) >= 11 is 3.86. The largest absolute Gasteiger partial charge is 0.481 e. The van der Waals surface area contributed by atoms with Gasteiger partial charge in [-0.15, -0.1) is 0 Å². The van der Waals surface area contributed by atoms with Crippen LogP contribution in [0.5, 0.6) is 0 Å². The molecule has 4 unspecified atom stereocenters. The summed E-state index contributed by atoms with van der Waals surface area (Å²) in [4.78, 5) is 64.2. The summed E-state index contributed by atoms with van der Waals surface area (Å²) in [6, 6.07) is 2.23. The van der Waals surface area contributed by atoms with Gasteiger partial charge in [-0.2, -0.15) is 12.6 Å². The summed E-state index contributed by atoms with van der Waals surface area (Å²) < 4.78 is 0. The molecule has 0 saturated heterocycles. The van der Waals surface area contributed by atoms with E-state index in [2.05, 4.69) is 33.6 Å². The number of aromatic nitrogens is 1. The minimum absolute atomic E-state index is 0.0161. The van der Waals surface area contributed by atoms with E-state index in [1.807, 2.05) is 24.3 Å².